The number of nitrogens with zero attached hydrogens (tertiary/aromatic N) is 3. The maximum absolute atomic E-state index is 13.9. The van der Waals surface area contributed by atoms with Gasteiger partial charge in [-0.15, -0.1) is 0 Å². The minimum absolute atomic E-state index is 0.0378. The van der Waals surface area contributed by atoms with Crippen molar-refractivity contribution in [3.05, 3.63) is 70.4 Å². The fourth-order valence-corrected chi connectivity index (χ4v) is 6.16. The molecule has 1 aromatic heterocycles. The van der Waals surface area contributed by atoms with Gasteiger partial charge >= 0.3 is 6.18 Å². The summed E-state index contributed by atoms with van der Waals surface area (Å²) >= 11 is 0. The van der Waals surface area contributed by atoms with Crippen LogP contribution in [0.5, 0.6) is 0 Å². The smallest absolute Gasteiger partial charge is 0.389 e. The quantitative estimate of drug-likeness (QED) is 0.241. The third kappa shape index (κ3) is 6.78. The van der Waals surface area contributed by atoms with Gasteiger partial charge in [-0.3, -0.25) is 9.69 Å². The average molecular weight is 597 g/mol. The fraction of sp³-hybridized carbons (Fsp3) is 0.469. The summed E-state index contributed by atoms with van der Waals surface area (Å²) in [6.45, 7) is 11.6. The van der Waals surface area contributed by atoms with Crippen LogP contribution in [-0.4, -0.2) is 51.1 Å². The Bertz CT molecular complexity index is 1520. The molecule has 0 bridgehead atoms. The van der Waals surface area contributed by atoms with Gasteiger partial charge in [0.25, 0.3) is 0 Å². The normalized spacial score (nSPS) is 18.7. The van der Waals surface area contributed by atoms with Gasteiger partial charge in [-0.2, -0.15) is 18.2 Å². The summed E-state index contributed by atoms with van der Waals surface area (Å²) in [6.07, 6.45) is -1.78. The number of carbonyl (C=O) groups is 1. The SMILES string of the molecule is Cc1cc(C2CCCN(CC(C)(C)O)C2)ccc1Nc1ncc(C(F)(F)F)c(NCc2cccc3c2C(C)(C)C(=O)N3)n1. The van der Waals surface area contributed by atoms with E-state index in [2.05, 4.69) is 36.9 Å². The molecule has 43 heavy (non-hydrogen) atoms. The number of nitrogens with one attached hydrogen (secondary N) is 3. The molecule has 0 spiro atoms. The second-order valence-corrected chi connectivity index (χ2v) is 12.8. The van der Waals surface area contributed by atoms with Gasteiger partial charge in [-0.05, 0) is 94.3 Å². The number of likely N-dealkylation sites (tertiary alicyclic amines) is 1. The molecule has 1 fully saturated rings. The molecule has 11 heteroatoms. The maximum Gasteiger partial charge on any atom is 0.421 e. The van der Waals surface area contributed by atoms with Crippen LogP contribution in [0.2, 0.25) is 0 Å². The highest BCUT2D eigenvalue weighted by Crippen LogP contribution is 2.40. The van der Waals surface area contributed by atoms with E-state index in [1.54, 1.807) is 32.0 Å². The lowest BCUT2D eigenvalue weighted by Crippen LogP contribution is -2.43. The number of piperidine rings is 1. The molecule has 230 valence electrons. The number of aromatic nitrogens is 2. The highest BCUT2D eigenvalue weighted by atomic mass is 19.4. The monoisotopic (exact) mass is 596 g/mol. The van der Waals surface area contributed by atoms with E-state index in [0.717, 1.165) is 43.3 Å². The number of halogens is 3. The van der Waals surface area contributed by atoms with Crippen molar-refractivity contribution in [3.63, 3.8) is 0 Å². The van der Waals surface area contributed by atoms with Gasteiger partial charge in [0.05, 0.1) is 11.0 Å². The molecule has 0 saturated carbocycles. The zero-order chi connectivity index (χ0) is 31.2. The third-order valence-corrected chi connectivity index (χ3v) is 8.22. The summed E-state index contributed by atoms with van der Waals surface area (Å²) in [5, 5.41) is 19.0. The van der Waals surface area contributed by atoms with Crippen LogP contribution in [0.25, 0.3) is 0 Å². The van der Waals surface area contributed by atoms with Gasteiger partial charge in [0, 0.05) is 37.2 Å². The van der Waals surface area contributed by atoms with Crippen molar-refractivity contribution >= 4 is 29.0 Å². The van der Waals surface area contributed by atoms with Crippen LogP contribution in [0, 0.1) is 6.92 Å². The summed E-state index contributed by atoms with van der Waals surface area (Å²) < 4.78 is 41.8. The molecule has 0 aliphatic carbocycles. The third-order valence-electron chi connectivity index (χ3n) is 8.22. The zero-order valence-electron chi connectivity index (χ0n) is 25.2. The van der Waals surface area contributed by atoms with Gasteiger partial charge in [0.15, 0.2) is 0 Å². The highest BCUT2D eigenvalue weighted by Gasteiger charge is 2.40. The number of hydrogen-bond acceptors (Lipinski definition) is 7. The number of aliphatic hydroxyl groups is 1. The first-order chi connectivity index (χ1) is 20.1. The molecule has 0 radical (unpaired) electrons. The predicted octanol–water partition coefficient (Wildman–Crippen LogP) is 6.34. The van der Waals surface area contributed by atoms with Gasteiger partial charge in [-0.25, -0.2) is 4.98 Å². The van der Waals surface area contributed by atoms with Crippen LogP contribution in [0.3, 0.4) is 0 Å². The highest BCUT2D eigenvalue weighted by molar-refractivity contribution is 6.06. The fourth-order valence-electron chi connectivity index (χ4n) is 6.16. The van der Waals surface area contributed by atoms with Crippen LogP contribution >= 0.6 is 0 Å². The van der Waals surface area contributed by atoms with Crippen molar-refractivity contribution in [1.82, 2.24) is 14.9 Å². The lowest BCUT2D eigenvalue weighted by Gasteiger charge is -2.36. The largest absolute Gasteiger partial charge is 0.421 e. The molecule has 1 saturated heterocycles. The summed E-state index contributed by atoms with van der Waals surface area (Å²) in [5.41, 5.74) is 2.39. The maximum atomic E-state index is 13.9. The van der Waals surface area contributed by atoms with E-state index in [4.69, 9.17) is 0 Å². The number of amides is 1. The zero-order valence-corrected chi connectivity index (χ0v) is 25.2. The Labute approximate surface area is 250 Å². The Morgan fingerprint density at radius 3 is 2.65 bits per heavy atom. The molecule has 5 rings (SSSR count). The summed E-state index contributed by atoms with van der Waals surface area (Å²) in [6, 6.07) is 11.4. The molecule has 3 heterocycles. The number of anilines is 4. The average Bonchev–Trinajstić information content (AvgIpc) is 3.15. The van der Waals surface area contributed by atoms with Gasteiger partial charge < -0.3 is 21.1 Å². The molecule has 1 unspecified atom stereocenters. The molecular weight excluding hydrogens is 557 g/mol. The van der Waals surface area contributed by atoms with E-state index in [1.165, 1.54) is 5.56 Å². The van der Waals surface area contributed by atoms with Crippen molar-refractivity contribution in [3.8, 4) is 0 Å². The number of rotatable bonds is 8. The Morgan fingerprint density at radius 1 is 1.19 bits per heavy atom. The van der Waals surface area contributed by atoms with E-state index >= 15 is 0 Å². The topological polar surface area (TPSA) is 102 Å². The van der Waals surface area contributed by atoms with Crippen LogP contribution in [0.4, 0.5) is 36.3 Å². The molecule has 3 aromatic rings. The molecule has 1 atom stereocenters. The van der Waals surface area contributed by atoms with E-state index in [9.17, 15) is 23.1 Å². The minimum atomic E-state index is -4.66. The number of alkyl halides is 3. The molecule has 8 nitrogen and oxygen atoms in total. The lowest BCUT2D eigenvalue weighted by atomic mass is 9.83. The van der Waals surface area contributed by atoms with Crippen molar-refractivity contribution < 1.29 is 23.1 Å². The standard InChI is InChI=1S/C32H39F3N6O2/c1-19-14-20(22-9-7-13-41(17-22)18-30(2,3)43)11-12-24(19)39-29-37-16-23(32(33,34)35)27(40-29)36-15-21-8-6-10-25-26(21)31(4,5)28(42)38-25/h6,8,10-12,14,16,22,43H,7,9,13,15,17-18H2,1-5H3,(H,38,42)(H2,36,37,39,40). The number of aryl methyl sites for hydroxylation is 1. The summed E-state index contributed by atoms with van der Waals surface area (Å²) in [4.78, 5) is 23.0. The Balaban J connectivity index is 1.35. The molecular formula is C32H39F3N6O2. The van der Waals surface area contributed by atoms with E-state index < -0.39 is 22.8 Å². The van der Waals surface area contributed by atoms with Crippen LogP contribution in [0.15, 0.2) is 42.6 Å². The first kappa shape index (κ1) is 30.7. The summed E-state index contributed by atoms with van der Waals surface area (Å²) in [7, 11) is 0. The van der Waals surface area contributed by atoms with Gasteiger partial charge in [0.2, 0.25) is 11.9 Å². The number of hydrogen-bond donors (Lipinski definition) is 4. The molecule has 2 aliphatic rings. The lowest BCUT2D eigenvalue weighted by molar-refractivity contribution is -0.137. The minimum Gasteiger partial charge on any atom is -0.389 e. The molecule has 1 amide bonds. The number of β-amino-alcohol motifs (C(OH)–C–C–N with tert-alkyl or cyclic N) is 1. The van der Waals surface area contributed by atoms with Gasteiger partial charge in [-0.1, -0.05) is 24.3 Å². The second kappa shape index (κ2) is 11.4. The first-order valence-electron chi connectivity index (χ1n) is 14.6. The van der Waals surface area contributed by atoms with Crippen LogP contribution in [-0.2, 0) is 22.9 Å². The predicted molar refractivity (Wildman–Crippen MR) is 162 cm³/mol. The van der Waals surface area contributed by atoms with Crippen molar-refractivity contribution in [2.75, 3.05) is 35.6 Å². The van der Waals surface area contributed by atoms with Crippen LogP contribution in [0.1, 0.15) is 74.3 Å². The number of fused-ring (bicyclic) bond motifs is 1. The van der Waals surface area contributed by atoms with Crippen molar-refractivity contribution in [2.45, 2.75) is 77.1 Å². The van der Waals surface area contributed by atoms with E-state index in [-0.39, 0.29) is 24.2 Å². The number of carbonyl (C=O) groups excluding carboxylic acids is 1. The Hall–Kier alpha value is -3.70. The summed E-state index contributed by atoms with van der Waals surface area (Å²) in [5.74, 6) is -0.135. The van der Waals surface area contributed by atoms with E-state index in [0.29, 0.717) is 29.4 Å². The molecule has 2 aliphatic heterocycles. The molecule has 4 N–H and O–H groups in total. The van der Waals surface area contributed by atoms with Crippen molar-refractivity contribution in [2.24, 2.45) is 0 Å². The van der Waals surface area contributed by atoms with E-state index in [1.807, 2.05) is 32.9 Å². The Kier molecular flexibility index (Phi) is 8.17. The Morgan fingerprint density at radius 2 is 1.95 bits per heavy atom. The van der Waals surface area contributed by atoms with Gasteiger partial charge in [0.1, 0.15) is 11.4 Å². The van der Waals surface area contributed by atoms with Crippen molar-refractivity contribution in [1.29, 1.82) is 0 Å². The van der Waals surface area contributed by atoms with Crippen LogP contribution < -0.4 is 16.0 Å². The second-order valence-electron chi connectivity index (χ2n) is 12.8. The number of benzene rings is 2. The first-order valence-corrected chi connectivity index (χ1v) is 14.6. The molecule has 2 aromatic carbocycles.